The molecule has 8 heteroatoms. The fourth-order valence-electron chi connectivity index (χ4n) is 3.70. The molecule has 33 heavy (non-hydrogen) atoms. The predicted molar refractivity (Wildman–Crippen MR) is 125 cm³/mol. The second-order valence-corrected chi connectivity index (χ2v) is 7.93. The number of allylic oxidation sites excluding steroid dienone is 3. The Balaban J connectivity index is 1.70. The minimum Gasteiger partial charge on any atom is -0.495 e. The van der Waals surface area contributed by atoms with Crippen LogP contribution in [0.5, 0.6) is 0 Å². The zero-order valence-corrected chi connectivity index (χ0v) is 19.3. The van der Waals surface area contributed by atoms with Gasteiger partial charge < -0.3 is 19.5 Å². The predicted octanol–water partition coefficient (Wildman–Crippen LogP) is 3.03. The van der Waals surface area contributed by atoms with Gasteiger partial charge in [0.2, 0.25) is 0 Å². The molecular weight excluding hydrogens is 425 g/mol. The Labute approximate surface area is 195 Å². The fourth-order valence-corrected chi connectivity index (χ4v) is 3.70. The number of esters is 1. The molecule has 1 aliphatic carbocycles. The first-order valence-electron chi connectivity index (χ1n) is 11.3. The van der Waals surface area contributed by atoms with Gasteiger partial charge in [0.1, 0.15) is 17.7 Å². The van der Waals surface area contributed by atoms with Crippen LogP contribution in [0, 0.1) is 11.3 Å². The van der Waals surface area contributed by atoms with Crippen LogP contribution in [0.2, 0.25) is 0 Å². The molecule has 0 aromatic heterocycles. The average Bonchev–Trinajstić information content (AvgIpc) is 2.97. The number of halogens is 1. The summed E-state index contributed by atoms with van der Waals surface area (Å²) < 4.78 is 24.8. The molecule has 180 valence electrons. The van der Waals surface area contributed by atoms with E-state index in [0.29, 0.717) is 19.6 Å². The molecule has 1 unspecified atom stereocenters. The Morgan fingerprint density at radius 2 is 2.00 bits per heavy atom. The molecule has 2 rings (SSSR count). The first-order valence-corrected chi connectivity index (χ1v) is 11.3. The molecule has 1 heterocycles. The summed E-state index contributed by atoms with van der Waals surface area (Å²) in [6.45, 7) is 8.48. The third-order valence-electron chi connectivity index (χ3n) is 5.58. The van der Waals surface area contributed by atoms with Crippen molar-refractivity contribution >= 4 is 5.97 Å². The van der Waals surface area contributed by atoms with Gasteiger partial charge in [0, 0.05) is 51.3 Å². The molecule has 0 radical (unpaired) electrons. The van der Waals surface area contributed by atoms with Crippen molar-refractivity contribution in [3.63, 3.8) is 0 Å². The Bertz CT molecular complexity index is 833. The molecule has 7 nitrogen and oxygen atoms in total. The highest BCUT2D eigenvalue weighted by molar-refractivity contribution is 5.70. The molecule has 1 atom stereocenters. The molecule has 0 bridgehead atoms. The number of nitrogens with zero attached hydrogens (tertiary/aromatic N) is 3. The Kier molecular flexibility index (Phi) is 11.6. The Morgan fingerprint density at radius 3 is 2.67 bits per heavy atom. The van der Waals surface area contributed by atoms with Crippen LogP contribution >= 0.6 is 0 Å². The Hall–Kier alpha value is -2.73. The molecule has 0 aromatic carbocycles. The van der Waals surface area contributed by atoms with E-state index in [1.54, 1.807) is 0 Å². The third-order valence-corrected chi connectivity index (χ3v) is 5.58. The lowest BCUT2D eigenvalue weighted by atomic mass is 10.1. The van der Waals surface area contributed by atoms with Crippen LogP contribution in [0.25, 0.3) is 0 Å². The third kappa shape index (κ3) is 8.97. The van der Waals surface area contributed by atoms with E-state index in [-0.39, 0.29) is 35.7 Å². The van der Waals surface area contributed by atoms with Gasteiger partial charge in [-0.2, -0.15) is 5.26 Å². The summed E-state index contributed by atoms with van der Waals surface area (Å²) in [6, 6.07) is 2.00. The zero-order valence-electron chi connectivity index (χ0n) is 19.3. The van der Waals surface area contributed by atoms with E-state index in [1.165, 1.54) is 25.3 Å². The van der Waals surface area contributed by atoms with Crippen molar-refractivity contribution in [2.45, 2.75) is 31.8 Å². The lowest BCUT2D eigenvalue weighted by Crippen LogP contribution is -2.48. The van der Waals surface area contributed by atoms with Gasteiger partial charge in [-0.15, -0.1) is 6.58 Å². The van der Waals surface area contributed by atoms with E-state index in [2.05, 4.69) is 22.5 Å². The van der Waals surface area contributed by atoms with Gasteiger partial charge in [-0.25, -0.2) is 4.39 Å². The Morgan fingerprint density at radius 1 is 1.30 bits per heavy atom. The molecule has 1 N–H and O–H groups in total. The number of aliphatic hydroxyl groups excluding tert-OH is 1. The fraction of sp³-hybridized carbons (Fsp3) is 0.520. The number of ether oxygens (including phenoxy) is 2. The van der Waals surface area contributed by atoms with E-state index < -0.39 is 11.9 Å². The van der Waals surface area contributed by atoms with Gasteiger partial charge in [-0.3, -0.25) is 9.69 Å². The SMILES string of the molecule is C=CCC(=O)OCC/C=C/CCN1CCN(CC(O)C2=C(F)CC=C(C#N)C(OC)=C2)CC1. The van der Waals surface area contributed by atoms with E-state index in [0.717, 1.165) is 39.1 Å². The number of piperazine rings is 1. The van der Waals surface area contributed by atoms with Crippen LogP contribution < -0.4 is 0 Å². The number of β-amino-alcohol motifs (C(OH)–C–C–N with tert-alkyl or cyclic N) is 1. The summed E-state index contributed by atoms with van der Waals surface area (Å²) in [5.41, 5.74) is 0.447. The van der Waals surface area contributed by atoms with E-state index in [1.807, 2.05) is 12.1 Å². The minimum absolute atomic E-state index is 0.0306. The van der Waals surface area contributed by atoms with Gasteiger partial charge >= 0.3 is 5.97 Å². The largest absolute Gasteiger partial charge is 0.495 e. The quantitative estimate of drug-likeness (QED) is 0.273. The zero-order chi connectivity index (χ0) is 24.1. The molecule has 2 aliphatic rings. The van der Waals surface area contributed by atoms with Crippen LogP contribution in [0.4, 0.5) is 4.39 Å². The van der Waals surface area contributed by atoms with Gasteiger partial charge in [0.15, 0.2) is 0 Å². The van der Waals surface area contributed by atoms with Gasteiger partial charge in [-0.1, -0.05) is 24.3 Å². The van der Waals surface area contributed by atoms with E-state index >= 15 is 0 Å². The van der Waals surface area contributed by atoms with Crippen LogP contribution in [-0.2, 0) is 14.3 Å². The van der Waals surface area contributed by atoms with Crippen molar-refractivity contribution < 1.29 is 23.8 Å². The number of carbonyl (C=O) groups excluding carboxylic acids is 1. The molecule has 0 amide bonds. The van der Waals surface area contributed by atoms with E-state index in [4.69, 9.17) is 9.47 Å². The maximum absolute atomic E-state index is 14.5. The van der Waals surface area contributed by atoms with Crippen molar-refractivity contribution in [1.29, 1.82) is 5.26 Å². The van der Waals surface area contributed by atoms with Crippen molar-refractivity contribution in [1.82, 2.24) is 9.80 Å². The van der Waals surface area contributed by atoms with Crippen LogP contribution in [0.15, 0.2) is 59.7 Å². The molecule has 0 aromatic rings. The highest BCUT2D eigenvalue weighted by atomic mass is 19.1. The van der Waals surface area contributed by atoms with E-state index in [9.17, 15) is 19.6 Å². The first-order chi connectivity index (χ1) is 16.0. The summed E-state index contributed by atoms with van der Waals surface area (Å²) in [4.78, 5) is 15.7. The smallest absolute Gasteiger partial charge is 0.309 e. The second kappa shape index (κ2) is 14.4. The monoisotopic (exact) mass is 459 g/mol. The maximum atomic E-state index is 14.5. The van der Waals surface area contributed by atoms with Crippen molar-refractivity contribution in [3.05, 3.63) is 59.7 Å². The first kappa shape index (κ1) is 26.5. The van der Waals surface area contributed by atoms with Gasteiger partial charge in [0.25, 0.3) is 0 Å². The number of hydrogen-bond acceptors (Lipinski definition) is 7. The summed E-state index contributed by atoms with van der Waals surface area (Å²) >= 11 is 0. The summed E-state index contributed by atoms with van der Waals surface area (Å²) in [5.74, 6) is -0.423. The number of rotatable bonds is 12. The number of nitriles is 1. The lowest BCUT2D eigenvalue weighted by Gasteiger charge is -2.35. The standard InChI is InChI=1S/C25H34FN3O4/c1-3-8-25(31)33-16-7-5-4-6-11-28-12-14-29(15-13-28)19-23(30)21-17-24(32-2)20(18-27)9-10-22(21)26/h3-5,9,17,23,30H,1,6-8,10-16,19H2,2H3/b5-4+. The lowest BCUT2D eigenvalue weighted by molar-refractivity contribution is -0.142. The number of methoxy groups -OCH3 is 1. The molecular formula is C25H34FN3O4. The summed E-state index contributed by atoms with van der Waals surface area (Å²) in [7, 11) is 1.43. The summed E-state index contributed by atoms with van der Waals surface area (Å²) in [5, 5.41) is 19.9. The van der Waals surface area contributed by atoms with Crippen LogP contribution in [-0.4, -0.2) is 80.0 Å². The van der Waals surface area contributed by atoms with Crippen LogP contribution in [0.3, 0.4) is 0 Å². The molecule has 1 aliphatic heterocycles. The van der Waals surface area contributed by atoms with Crippen molar-refractivity contribution in [2.24, 2.45) is 0 Å². The highest BCUT2D eigenvalue weighted by Gasteiger charge is 2.24. The molecule has 1 fully saturated rings. The number of aliphatic hydroxyl groups is 1. The molecule has 0 spiro atoms. The van der Waals surface area contributed by atoms with Gasteiger partial charge in [-0.05, 0) is 18.9 Å². The summed E-state index contributed by atoms with van der Waals surface area (Å²) in [6.07, 6.45) is 9.41. The van der Waals surface area contributed by atoms with Crippen molar-refractivity contribution in [3.8, 4) is 6.07 Å². The second-order valence-electron chi connectivity index (χ2n) is 7.93. The minimum atomic E-state index is -0.989. The topological polar surface area (TPSA) is 86.0 Å². The molecule has 1 saturated heterocycles. The van der Waals surface area contributed by atoms with Crippen LogP contribution in [0.1, 0.15) is 25.7 Å². The highest BCUT2D eigenvalue weighted by Crippen LogP contribution is 2.26. The number of hydrogen-bond donors (Lipinski definition) is 1. The van der Waals surface area contributed by atoms with Crippen molar-refractivity contribution in [2.75, 3.05) is 53.0 Å². The molecule has 0 saturated carbocycles. The normalized spacial score (nSPS) is 18.8. The average molecular weight is 460 g/mol. The maximum Gasteiger partial charge on any atom is 0.309 e. The van der Waals surface area contributed by atoms with Gasteiger partial charge in [0.05, 0.1) is 31.8 Å². The number of carbonyl (C=O) groups is 1.